The van der Waals surface area contributed by atoms with Gasteiger partial charge in [0.1, 0.15) is 5.82 Å². The van der Waals surface area contributed by atoms with Gasteiger partial charge in [0.15, 0.2) is 0 Å². The van der Waals surface area contributed by atoms with Gasteiger partial charge in [-0.1, -0.05) is 27.7 Å². The molecule has 0 aromatic carbocycles. The molecule has 1 amide bonds. The van der Waals surface area contributed by atoms with E-state index < -0.39 is 0 Å². The van der Waals surface area contributed by atoms with Gasteiger partial charge in [0.2, 0.25) is 5.91 Å². The maximum Gasteiger partial charge on any atom is 0.229 e. The number of halogens is 1. The van der Waals surface area contributed by atoms with Gasteiger partial charge in [-0.15, -0.1) is 12.4 Å². The summed E-state index contributed by atoms with van der Waals surface area (Å²) < 4.78 is 1.70. The third kappa shape index (κ3) is 5.61. The summed E-state index contributed by atoms with van der Waals surface area (Å²) in [6.07, 6.45) is 0.878. The highest BCUT2D eigenvalue weighted by molar-refractivity contribution is 5.91. The monoisotopic (exact) mass is 288 g/mol. The third-order valence-corrected chi connectivity index (χ3v) is 2.69. The molecule has 110 valence electrons. The normalized spacial score (nSPS) is 12.7. The number of aromatic nitrogens is 2. The van der Waals surface area contributed by atoms with E-state index in [-0.39, 0.29) is 29.6 Å². The topological polar surface area (TPSA) is 72.9 Å². The predicted octanol–water partition coefficient (Wildman–Crippen LogP) is 1.96. The van der Waals surface area contributed by atoms with Gasteiger partial charge in [-0.25, -0.2) is 0 Å². The number of amides is 1. The van der Waals surface area contributed by atoms with Gasteiger partial charge in [-0.2, -0.15) is 5.10 Å². The summed E-state index contributed by atoms with van der Waals surface area (Å²) in [5.41, 5.74) is 6.64. The molecule has 0 aliphatic heterocycles. The lowest BCUT2D eigenvalue weighted by atomic mass is 9.91. The fraction of sp³-hybridized carbons (Fsp3) is 0.692. The molecule has 0 fully saturated rings. The molecule has 1 unspecified atom stereocenters. The average molecular weight is 289 g/mol. The van der Waals surface area contributed by atoms with Crippen molar-refractivity contribution in [2.24, 2.45) is 24.1 Å². The lowest BCUT2D eigenvalue weighted by Crippen LogP contribution is -2.27. The first-order valence-corrected chi connectivity index (χ1v) is 6.27. The van der Waals surface area contributed by atoms with Crippen LogP contribution in [0.2, 0.25) is 0 Å². The summed E-state index contributed by atoms with van der Waals surface area (Å²) in [6.45, 7) is 8.64. The smallest absolute Gasteiger partial charge is 0.229 e. The van der Waals surface area contributed by atoms with E-state index in [0.717, 1.165) is 17.9 Å². The minimum atomic E-state index is -0.189. The molecule has 0 radical (unpaired) electrons. The lowest BCUT2D eigenvalue weighted by molar-refractivity contribution is -0.119. The van der Waals surface area contributed by atoms with Crippen LogP contribution in [0.4, 0.5) is 5.82 Å². The van der Waals surface area contributed by atoms with E-state index in [9.17, 15) is 4.79 Å². The zero-order valence-corrected chi connectivity index (χ0v) is 13.2. The molecule has 5 nitrogen and oxygen atoms in total. The fourth-order valence-electron chi connectivity index (χ4n) is 1.63. The highest BCUT2D eigenvalue weighted by Gasteiger charge is 2.17. The van der Waals surface area contributed by atoms with Gasteiger partial charge >= 0.3 is 0 Å². The number of hydrogen-bond donors (Lipinski definition) is 2. The minimum absolute atomic E-state index is 0. The average Bonchev–Trinajstić information content (AvgIpc) is 2.55. The second kappa shape index (κ2) is 6.91. The number of rotatable bonds is 4. The first-order chi connectivity index (χ1) is 8.23. The fourth-order valence-corrected chi connectivity index (χ4v) is 1.63. The van der Waals surface area contributed by atoms with Crippen molar-refractivity contribution < 1.29 is 4.79 Å². The SMILES string of the molecule is CC(CN)C(=O)Nc1cc(CC(C)(C)C)nn1C.Cl. The second-order valence-electron chi connectivity index (χ2n) is 6.01. The number of nitrogens with two attached hydrogens (primary N) is 1. The van der Waals surface area contributed by atoms with Crippen LogP contribution in [0.5, 0.6) is 0 Å². The van der Waals surface area contributed by atoms with Crippen molar-refractivity contribution >= 4 is 24.1 Å². The molecule has 0 bridgehead atoms. The summed E-state index contributed by atoms with van der Waals surface area (Å²) in [5.74, 6) is 0.466. The number of carbonyl (C=O) groups excluding carboxylic acids is 1. The molecule has 19 heavy (non-hydrogen) atoms. The van der Waals surface area contributed by atoms with Crippen LogP contribution in [0, 0.1) is 11.3 Å². The van der Waals surface area contributed by atoms with Crippen LogP contribution in [0.15, 0.2) is 6.07 Å². The lowest BCUT2D eigenvalue weighted by Gasteiger charge is -2.15. The Bertz CT molecular complexity index is 423. The Hall–Kier alpha value is -1.07. The zero-order valence-electron chi connectivity index (χ0n) is 12.4. The maximum atomic E-state index is 11.8. The first kappa shape index (κ1) is 17.9. The van der Waals surface area contributed by atoms with E-state index in [1.54, 1.807) is 4.68 Å². The highest BCUT2D eigenvalue weighted by Crippen LogP contribution is 2.21. The Balaban J connectivity index is 0.00000324. The molecular weight excluding hydrogens is 264 g/mol. The summed E-state index contributed by atoms with van der Waals surface area (Å²) in [5, 5.41) is 7.25. The van der Waals surface area contributed by atoms with Crippen LogP contribution in [-0.4, -0.2) is 22.2 Å². The number of nitrogens with zero attached hydrogens (tertiary/aromatic N) is 2. The van der Waals surface area contributed by atoms with Crippen LogP contribution in [-0.2, 0) is 18.3 Å². The van der Waals surface area contributed by atoms with Gasteiger partial charge in [0.05, 0.1) is 5.69 Å². The maximum absolute atomic E-state index is 11.8. The molecule has 0 saturated carbocycles. The van der Waals surface area contributed by atoms with Crippen LogP contribution in [0.3, 0.4) is 0 Å². The molecule has 0 spiro atoms. The van der Waals surface area contributed by atoms with Gasteiger partial charge in [0.25, 0.3) is 0 Å². The standard InChI is InChI=1S/C13H24N4O.ClH/c1-9(8-14)12(18)15-11-6-10(16-17(11)5)7-13(2,3)4;/h6,9H,7-8,14H2,1-5H3,(H,15,18);1H. The van der Waals surface area contributed by atoms with Crippen molar-refractivity contribution in [2.75, 3.05) is 11.9 Å². The second-order valence-corrected chi connectivity index (χ2v) is 6.01. The van der Waals surface area contributed by atoms with Crippen LogP contribution in [0.1, 0.15) is 33.4 Å². The van der Waals surface area contributed by atoms with Crippen molar-refractivity contribution in [1.29, 1.82) is 0 Å². The van der Waals surface area contributed by atoms with Crippen molar-refractivity contribution in [2.45, 2.75) is 34.1 Å². The first-order valence-electron chi connectivity index (χ1n) is 6.27. The Morgan fingerprint density at radius 3 is 2.58 bits per heavy atom. The van der Waals surface area contributed by atoms with Crippen LogP contribution < -0.4 is 11.1 Å². The summed E-state index contributed by atoms with van der Waals surface area (Å²) in [6, 6.07) is 1.92. The molecule has 1 atom stereocenters. The van der Waals surface area contributed by atoms with Crippen molar-refractivity contribution in [1.82, 2.24) is 9.78 Å². The molecule has 3 N–H and O–H groups in total. The van der Waals surface area contributed by atoms with Crippen LogP contribution in [0.25, 0.3) is 0 Å². The number of anilines is 1. The number of carbonyl (C=O) groups is 1. The molecule has 0 aliphatic carbocycles. The Kier molecular flexibility index (Phi) is 6.52. The number of nitrogens with one attached hydrogen (secondary N) is 1. The zero-order chi connectivity index (χ0) is 13.9. The van der Waals surface area contributed by atoms with Crippen LogP contribution >= 0.6 is 12.4 Å². The van der Waals surface area contributed by atoms with Gasteiger partial charge in [-0.3, -0.25) is 9.48 Å². The quantitative estimate of drug-likeness (QED) is 0.889. The molecule has 6 heteroatoms. The molecule has 1 aromatic rings. The van der Waals surface area contributed by atoms with E-state index in [1.165, 1.54) is 0 Å². The van der Waals surface area contributed by atoms with Crippen molar-refractivity contribution in [3.05, 3.63) is 11.8 Å². The van der Waals surface area contributed by atoms with E-state index in [2.05, 4.69) is 31.2 Å². The van der Waals surface area contributed by atoms with E-state index in [1.807, 2.05) is 20.0 Å². The third-order valence-electron chi connectivity index (χ3n) is 2.69. The Morgan fingerprint density at radius 2 is 2.11 bits per heavy atom. The summed E-state index contributed by atoms with van der Waals surface area (Å²) in [4.78, 5) is 11.8. The minimum Gasteiger partial charge on any atom is -0.330 e. The number of hydrogen-bond acceptors (Lipinski definition) is 3. The van der Waals surface area contributed by atoms with Crippen molar-refractivity contribution in [3.8, 4) is 0 Å². The molecule has 0 saturated heterocycles. The predicted molar refractivity (Wildman–Crippen MR) is 80.5 cm³/mol. The Morgan fingerprint density at radius 1 is 1.53 bits per heavy atom. The van der Waals surface area contributed by atoms with Gasteiger partial charge in [-0.05, 0) is 11.8 Å². The molecule has 1 aromatic heterocycles. The van der Waals surface area contributed by atoms with E-state index >= 15 is 0 Å². The molecular formula is C13H25ClN4O. The molecule has 0 aliphatic rings. The Labute approximate surface area is 121 Å². The highest BCUT2D eigenvalue weighted by atomic mass is 35.5. The summed E-state index contributed by atoms with van der Waals surface area (Å²) >= 11 is 0. The summed E-state index contributed by atoms with van der Waals surface area (Å²) in [7, 11) is 1.83. The molecule has 1 heterocycles. The van der Waals surface area contributed by atoms with E-state index in [4.69, 9.17) is 5.73 Å². The number of aryl methyl sites for hydroxylation is 1. The van der Waals surface area contributed by atoms with Gasteiger partial charge in [0, 0.05) is 25.6 Å². The largest absolute Gasteiger partial charge is 0.330 e. The van der Waals surface area contributed by atoms with Gasteiger partial charge < -0.3 is 11.1 Å². The molecule has 1 rings (SSSR count). The van der Waals surface area contributed by atoms with E-state index in [0.29, 0.717) is 6.54 Å². The van der Waals surface area contributed by atoms with Crippen molar-refractivity contribution in [3.63, 3.8) is 0 Å².